The Kier molecular flexibility index (Phi) is 5.75. The number of thioether (sulfide) groups is 1. The predicted molar refractivity (Wildman–Crippen MR) is 75.9 cm³/mol. The summed E-state index contributed by atoms with van der Waals surface area (Å²) in [6.45, 7) is 6.89. The molecule has 0 bridgehead atoms. The highest BCUT2D eigenvalue weighted by atomic mass is 32.2. The Bertz CT molecular complexity index is 309. The monoisotopic (exact) mass is 237 g/mol. The maximum atomic E-state index is 5.75. The molecule has 0 fully saturated rings. The second-order valence-corrected chi connectivity index (χ2v) is 6.15. The van der Waals surface area contributed by atoms with Gasteiger partial charge >= 0.3 is 0 Å². The lowest BCUT2D eigenvalue weighted by molar-refractivity contribution is 0.641. The summed E-state index contributed by atoms with van der Waals surface area (Å²) in [5, 5.41) is 0.765. The standard InChI is InChI=1S/C14H23NS/c1-11(2)12(3)16-9-5-7-13-6-4-8-14(15)10-13/h4,6,8,10-12H,5,7,9,15H2,1-3H3. The summed E-state index contributed by atoms with van der Waals surface area (Å²) < 4.78 is 0. The number of nitrogens with two attached hydrogens (primary N) is 1. The third-order valence-electron chi connectivity index (χ3n) is 2.88. The van der Waals surface area contributed by atoms with Crippen LogP contribution in [0.2, 0.25) is 0 Å². The van der Waals surface area contributed by atoms with E-state index >= 15 is 0 Å². The van der Waals surface area contributed by atoms with Crippen LogP contribution in [0.1, 0.15) is 32.8 Å². The fourth-order valence-electron chi connectivity index (χ4n) is 1.49. The first-order valence-electron chi connectivity index (χ1n) is 6.05. The van der Waals surface area contributed by atoms with Crippen molar-refractivity contribution in [1.29, 1.82) is 0 Å². The second kappa shape index (κ2) is 6.85. The topological polar surface area (TPSA) is 26.0 Å². The molecule has 16 heavy (non-hydrogen) atoms. The Labute approximate surface area is 104 Å². The van der Waals surface area contributed by atoms with Crippen LogP contribution in [-0.2, 0) is 6.42 Å². The average Bonchev–Trinajstić information content (AvgIpc) is 2.24. The van der Waals surface area contributed by atoms with E-state index in [1.165, 1.54) is 17.7 Å². The van der Waals surface area contributed by atoms with Gasteiger partial charge in [0.15, 0.2) is 0 Å². The molecule has 1 aromatic rings. The summed E-state index contributed by atoms with van der Waals surface area (Å²) in [6, 6.07) is 8.22. The predicted octanol–water partition coefficient (Wildman–Crippen LogP) is 3.98. The number of aryl methyl sites for hydroxylation is 1. The van der Waals surface area contributed by atoms with E-state index in [-0.39, 0.29) is 0 Å². The second-order valence-electron chi connectivity index (χ2n) is 4.67. The summed E-state index contributed by atoms with van der Waals surface area (Å²) in [7, 11) is 0. The van der Waals surface area contributed by atoms with Crippen molar-refractivity contribution < 1.29 is 0 Å². The molecule has 1 aromatic carbocycles. The molecule has 1 atom stereocenters. The minimum Gasteiger partial charge on any atom is -0.399 e. The van der Waals surface area contributed by atoms with Crippen LogP contribution in [0.4, 0.5) is 5.69 Å². The molecule has 0 saturated heterocycles. The van der Waals surface area contributed by atoms with Crippen molar-refractivity contribution in [3.8, 4) is 0 Å². The van der Waals surface area contributed by atoms with Crippen LogP contribution >= 0.6 is 11.8 Å². The fraction of sp³-hybridized carbons (Fsp3) is 0.571. The Hall–Kier alpha value is -0.630. The van der Waals surface area contributed by atoms with Gasteiger partial charge in [-0.3, -0.25) is 0 Å². The van der Waals surface area contributed by atoms with Crippen molar-refractivity contribution in [1.82, 2.24) is 0 Å². The molecular weight excluding hydrogens is 214 g/mol. The summed E-state index contributed by atoms with van der Waals surface area (Å²) in [4.78, 5) is 0. The quantitative estimate of drug-likeness (QED) is 0.598. The molecule has 0 heterocycles. The molecule has 1 rings (SSSR count). The van der Waals surface area contributed by atoms with Gasteiger partial charge in [-0.1, -0.05) is 32.9 Å². The molecule has 90 valence electrons. The van der Waals surface area contributed by atoms with E-state index in [1.807, 2.05) is 12.1 Å². The first-order chi connectivity index (χ1) is 7.59. The third-order valence-corrected chi connectivity index (χ3v) is 4.47. The average molecular weight is 237 g/mol. The summed E-state index contributed by atoms with van der Waals surface area (Å²) in [5.41, 5.74) is 7.98. The van der Waals surface area contributed by atoms with Gasteiger partial charge in [0.2, 0.25) is 0 Å². The number of hydrogen-bond acceptors (Lipinski definition) is 2. The van der Waals surface area contributed by atoms with Crippen LogP contribution in [0, 0.1) is 5.92 Å². The lowest BCUT2D eigenvalue weighted by Crippen LogP contribution is -2.06. The Morgan fingerprint density at radius 1 is 1.25 bits per heavy atom. The molecule has 0 aromatic heterocycles. The van der Waals surface area contributed by atoms with E-state index in [0.29, 0.717) is 0 Å². The smallest absolute Gasteiger partial charge is 0.0316 e. The van der Waals surface area contributed by atoms with Crippen LogP contribution in [0.15, 0.2) is 24.3 Å². The van der Waals surface area contributed by atoms with Crippen LogP contribution in [-0.4, -0.2) is 11.0 Å². The van der Waals surface area contributed by atoms with Crippen LogP contribution in [0.5, 0.6) is 0 Å². The lowest BCUT2D eigenvalue weighted by atomic mass is 10.1. The zero-order chi connectivity index (χ0) is 12.0. The first-order valence-corrected chi connectivity index (χ1v) is 7.10. The number of nitrogen functional groups attached to an aromatic ring is 1. The molecule has 0 saturated carbocycles. The molecule has 0 aliphatic carbocycles. The summed E-state index contributed by atoms with van der Waals surface area (Å²) >= 11 is 2.08. The van der Waals surface area contributed by atoms with Gasteiger partial charge in [-0.05, 0) is 42.2 Å². The van der Waals surface area contributed by atoms with Crippen molar-refractivity contribution in [3.63, 3.8) is 0 Å². The Morgan fingerprint density at radius 3 is 2.62 bits per heavy atom. The zero-order valence-electron chi connectivity index (χ0n) is 10.6. The SMILES string of the molecule is CC(C)C(C)SCCCc1cccc(N)c1. The van der Waals surface area contributed by atoms with Gasteiger partial charge in [0.25, 0.3) is 0 Å². The van der Waals surface area contributed by atoms with Gasteiger partial charge in [-0.2, -0.15) is 11.8 Å². The van der Waals surface area contributed by atoms with E-state index in [9.17, 15) is 0 Å². The number of rotatable bonds is 6. The van der Waals surface area contributed by atoms with Crippen molar-refractivity contribution >= 4 is 17.4 Å². The maximum Gasteiger partial charge on any atom is 0.0316 e. The minimum absolute atomic E-state index is 0.765. The van der Waals surface area contributed by atoms with Crippen molar-refractivity contribution in [2.75, 3.05) is 11.5 Å². The van der Waals surface area contributed by atoms with Gasteiger partial charge in [0.05, 0.1) is 0 Å². The lowest BCUT2D eigenvalue weighted by Gasteiger charge is -2.14. The van der Waals surface area contributed by atoms with E-state index < -0.39 is 0 Å². The van der Waals surface area contributed by atoms with Crippen molar-refractivity contribution in [3.05, 3.63) is 29.8 Å². The highest BCUT2D eigenvalue weighted by molar-refractivity contribution is 7.99. The molecular formula is C14H23NS. The molecule has 0 aliphatic rings. The van der Waals surface area contributed by atoms with E-state index in [0.717, 1.165) is 23.3 Å². The Morgan fingerprint density at radius 2 is 2.00 bits per heavy atom. The molecule has 0 amide bonds. The van der Waals surface area contributed by atoms with E-state index in [4.69, 9.17) is 5.73 Å². The number of hydrogen-bond donors (Lipinski definition) is 1. The summed E-state index contributed by atoms with van der Waals surface area (Å²) in [6.07, 6.45) is 2.38. The van der Waals surface area contributed by atoms with E-state index in [2.05, 4.69) is 44.7 Å². The van der Waals surface area contributed by atoms with Gasteiger partial charge in [0, 0.05) is 10.9 Å². The number of anilines is 1. The van der Waals surface area contributed by atoms with Gasteiger partial charge in [-0.15, -0.1) is 0 Å². The minimum atomic E-state index is 0.765. The largest absolute Gasteiger partial charge is 0.399 e. The van der Waals surface area contributed by atoms with Crippen molar-refractivity contribution in [2.45, 2.75) is 38.9 Å². The van der Waals surface area contributed by atoms with Gasteiger partial charge < -0.3 is 5.73 Å². The highest BCUT2D eigenvalue weighted by Gasteiger charge is 2.06. The molecule has 1 nitrogen and oxygen atoms in total. The number of benzene rings is 1. The molecule has 1 unspecified atom stereocenters. The third kappa shape index (κ3) is 4.93. The fourth-order valence-corrected chi connectivity index (χ4v) is 2.55. The van der Waals surface area contributed by atoms with E-state index in [1.54, 1.807) is 0 Å². The summed E-state index contributed by atoms with van der Waals surface area (Å²) in [5.74, 6) is 2.02. The first kappa shape index (κ1) is 13.4. The van der Waals surface area contributed by atoms with Gasteiger partial charge in [-0.25, -0.2) is 0 Å². The van der Waals surface area contributed by atoms with Crippen molar-refractivity contribution in [2.24, 2.45) is 5.92 Å². The van der Waals surface area contributed by atoms with Gasteiger partial charge in [0.1, 0.15) is 0 Å². The molecule has 2 N–H and O–H groups in total. The highest BCUT2D eigenvalue weighted by Crippen LogP contribution is 2.20. The maximum absolute atomic E-state index is 5.75. The zero-order valence-corrected chi connectivity index (χ0v) is 11.4. The van der Waals surface area contributed by atoms with Crippen LogP contribution in [0.3, 0.4) is 0 Å². The van der Waals surface area contributed by atoms with Crippen LogP contribution < -0.4 is 5.73 Å². The molecule has 2 heteroatoms. The van der Waals surface area contributed by atoms with Crippen LogP contribution in [0.25, 0.3) is 0 Å². The molecule has 0 spiro atoms. The molecule has 0 radical (unpaired) electrons. The Balaban J connectivity index is 2.21. The molecule has 0 aliphatic heterocycles. The normalized spacial score (nSPS) is 13.0.